The van der Waals surface area contributed by atoms with Crippen molar-refractivity contribution in [1.29, 1.82) is 0 Å². The van der Waals surface area contributed by atoms with Crippen LogP contribution in [0.2, 0.25) is 0 Å². The average Bonchev–Trinajstić information content (AvgIpc) is 2.36. The summed E-state index contributed by atoms with van der Waals surface area (Å²) < 4.78 is 40.8. The van der Waals surface area contributed by atoms with Crippen LogP contribution < -0.4 is 4.72 Å². The van der Waals surface area contributed by atoms with E-state index in [-0.39, 0.29) is 10.7 Å². The Hall–Kier alpha value is -1.47. The zero-order chi connectivity index (χ0) is 14.9. The van der Waals surface area contributed by atoms with E-state index in [4.69, 9.17) is 0 Å². The molecule has 1 N–H and O–H groups in total. The second kappa shape index (κ2) is 5.49. The minimum atomic E-state index is -3.86. The first-order valence-corrected chi connectivity index (χ1v) is 7.99. The van der Waals surface area contributed by atoms with Gasteiger partial charge >= 0.3 is 0 Å². The Morgan fingerprint density at radius 3 is 2.55 bits per heavy atom. The Bertz CT molecular complexity index is 763. The molecule has 0 spiro atoms. The van der Waals surface area contributed by atoms with E-state index >= 15 is 0 Å². The van der Waals surface area contributed by atoms with E-state index in [9.17, 15) is 12.8 Å². The molecule has 0 radical (unpaired) electrons. The van der Waals surface area contributed by atoms with Gasteiger partial charge in [-0.3, -0.25) is 4.72 Å². The fourth-order valence-electron chi connectivity index (χ4n) is 1.66. The molecule has 0 aliphatic carbocycles. The van der Waals surface area contributed by atoms with Crippen molar-refractivity contribution in [3.05, 3.63) is 51.9 Å². The van der Waals surface area contributed by atoms with Crippen molar-refractivity contribution >= 4 is 31.8 Å². The van der Waals surface area contributed by atoms with Gasteiger partial charge in [0.2, 0.25) is 0 Å². The Kier molecular flexibility index (Phi) is 4.10. The molecule has 0 aliphatic rings. The molecule has 0 unspecified atom stereocenters. The maximum Gasteiger partial charge on any atom is 0.263 e. The van der Waals surface area contributed by atoms with E-state index in [1.54, 1.807) is 19.9 Å². The summed E-state index contributed by atoms with van der Waals surface area (Å²) in [5.74, 6) is -0.412. The van der Waals surface area contributed by atoms with Gasteiger partial charge in [-0.15, -0.1) is 0 Å². The molecule has 7 heteroatoms. The summed E-state index contributed by atoms with van der Waals surface area (Å²) in [5, 5.41) is 0. The summed E-state index contributed by atoms with van der Waals surface area (Å²) in [6.45, 7) is 3.35. The fraction of sp³-hybridized carbons (Fsp3) is 0.154. The van der Waals surface area contributed by atoms with Crippen LogP contribution in [0.1, 0.15) is 11.3 Å². The molecule has 0 bridgehead atoms. The number of aromatic nitrogens is 1. The van der Waals surface area contributed by atoms with Crippen LogP contribution in [0.15, 0.2) is 39.7 Å². The lowest BCUT2D eigenvalue weighted by Crippen LogP contribution is -2.15. The van der Waals surface area contributed by atoms with Gasteiger partial charge < -0.3 is 0 Å². The predicted octanol–water partition coefficient (Wildman–Crippen LogP) is 3.40. The third-order valence-electron chi connectivity index (χ3n) is 2.70. The number of sulfonamides is 1. The molecular weight excluding hydrogens is 347 g/mol. The van der Waals surface area contributed by atoms with Crippen LogP contribution in [0.3, 0.4) is 0 Å². The van der Waals surface area contributed by atoms with Crippen LogP contribution in [-0.4, -0.2) is 13.4 Å². The molecule has 2 aromatic rings. The van der Waals surface area contributed by atoms with Gasteiger partial charge in [0.1, 0.15) is 11.6 Å². The molecule has 1 heterocycles. The normalized spacial score (nSPS) is 11.4. The topological polar surface area (TPSA) is 59.1 Å². The number of halogens is 2. The first-order valence-electron chi connectivity index (χ1n) is 5.72. The van der Waals surface area contributed by atoms with Crippen molar-refractivity contribution < 1.29 is 12.8 Å². The summed E-state index contributed by atoms with van der Waals surface area (Å²) in [5.41, 5.74) is 1.12. The standard InChI is InChI=1S/C13H12BrFN2O2S/c1-8-3-4-10(15)7-12(8)20(18,19)17-13-6-5-11(14)9(2)16-13/h3-7H,1-2H3,(H,16,17). The van der Waals surface area contributed by atoms with E-state index in [0.717, 1.165) is 10.5 Å². The first kappa shape index (κ1) is 14.9. The minimum Gasteiger partial charge on any atom is -0.263 e. The molecule has 1 aromatic heterocycles. The van der Waals surface area contributed by atoms with E-state index in [2.05, 4.69) is 25.6 Å². The molecule has 106 valence electrons. The van der Waals surface area contributed by atoms with Crippen LogP contribution in [0.4, 0.5) is 10.2 Å². The van der Waals surface area contributed by atoms with Gasteiger partial charge in [-0.05, 0) is 59.6 Å². The summed E-state index contributed by atoms with van der Waals surface area (Å²) in [4.78, 5) is 4.01. The summed E-state index contributed by atoms with van der Waals surface area (Å²) >= 11 is 3.29. The van der Waals surface area contributed by atoms with Crippen LogP contribution in [0.25, 0.3) is 0 Å². The maximum absolute atomic E-state index is 13.2. The smallest absolute Gasteiger partial charge is 0.263 e. The van der Waals surface area contributed by atoms with Gasteiger partial charge in [-0.1, -0.05) is 6.07 Å². The predicted molar refractivity (Wildman–Crippen MR) is 78.6 cm³/mol. The summed E-state index contributed by atoms with van der Waals surface area (Å²) in [6.07, 6.45) is 0. The monoisotopic (exact) mass is 358 g/mol. The van der Waals surface area contributed by atoms with E-state index in [1.807, 2.05) is 0 Å². The lowest BCUT2D eigenvalue weighted by Gasteiger charge is -2.10. The van der Waals surface area contributed by atoms with Crippen LogP contribution in [0, 0.1) is 19.7 Å². The first-order chi connectivity index (χ1) is 9.29. The number of rotatable bonds is 3. The number of hydrogen-bond donors (Lipinski definition) is 1. The molecule has 1 aromatic carbocycles. The molecule has 0 aliphatic heterocycles. The quantitative estimate of drug-likeness (QED) is 0.914. The van der Waals surface area contributed by atoms with Gasteiger partial charge in [0.25, 0.3) is 10.0 Å². The highest BCUT2D eigenvalue weighted by Crippen LogP contribution is 2.21. The summed E-state index contributed by atoms with van der Waals surface area (Å²) in [6, 6.07) is 6.85. The van der Waals surface area contributed by atoms with Gasteiger partial charge in [0, 0.05) is 4.47 Å². The van der Waals surface area contributed by atoms with Gasteiger partial charge in [-0.25, -0.2) is 17.8 Å². The largest absolute Gasteiger partial charge is 0.263 e. The molecule has 0 saturated heterocycles. The summed E-state index contributed by atoms with van der Waals surface area (Å²) in [7, 11) is -3.86. The highest BCUT2D eigenvalue weighted by molar-refractivity contribution is 9.10. The Labute approximate surface area is 125 Å². The second-order valence-electron chi connectivity index (χ2n) is 4.28. The molecule has 0 saturated carbocycles. The Morgan fingerprint density at radius 2 is 1.90 bits per heavy atom. The number of benzene rings is 1. The highest BCUT2D eigenvalue weighted by Gasteiger charge is 2.18. The lowest BCUT2D eigenvalue weighted by atomic mass is 10.2. The van der Waals surface area contributed by atoms with Crippen molar-refractivity contribution in [2.24, 2.45) is 0 Å². The maximum atomic E-state index is 13.2. The van der Waals surface area contributed by atoms with E-state index < -0.39 is 15.8 Å². The molecule has 0 amide bonds. The Balaban J connectivity index is 2.40. The molecule has 20 heavy (non-hydrogen) atoms. The molecule has 2 rings (SSSR count). The fourth-order valence-corrected chi connectivity index (χ4v) is 3.14. The van der Waals surface area contributed by atoms with Gasteiger partial charge in [0.15, 0.2) is 0 Å². The third-order valence-corrected chi connectivity index (χ3v) is 5.03. The number of pyridine rings is 1. The minimum absolute atomic E-state index is 0.0973. The highest BCUT2D eigenvalue weighted by atomic mass is 79.9. The van der Waals surface area contributed by atoms with Crippen molar-refractivity contribution in [3.63, 3.8) is 0 Å². The SMILES string of the molecule is Cc1ccc(F)cc1S(=O)(=O)Nc1ccc(Br)c(C)n1. The van der Waals surface area contributed by atoms with Crippen LogP contribution >= 0.6 is 15.9 Å². The Morgan fingerprint density at radius 1 is 1.20 bits per heavy atom. The van der Waals surface area contributed by atoms with Crippen LogP contribution in [0.5, 0.6) is 0 Å². The zero-order valence-electron chi connectivity index (χ0n) is 10.8. The number of aryl methyl sites for hydroxylation is 2. The molecule has 0 fully saturated rings. The van der Waals surface area contributed by atoms with E-state index in [1.165, 1.54) is 18.2 Å². The number of nitrogens with one attached hydrogen (secondary N) is 1. The molecular formula is C13H12BrFN2O2S. The van der Waals surface area contributed by atoms with Gasteiger partial charge in [0.05, 0.1) is 10.6 Å². The lowest BCUT2D eigenvalue weighted by molar-refractivity contribution is 0.594. The zero-order valence-corrected chi connectivity index (χ0v) is 13.2. The number of nitrogens with zero attached hydrogens (tertiary/aromatic N) is 1. The van der Waals surface area contributed by atoms with Gasteiger partial charge in [-0.2, -0.15) is 0 Å². The third kappa shape index (κ3) is 3.16. The average molecular weight is 359 g/mol. The van der Waals surface area contributed by atoms with Crippen molar-refractivity contribution in [2.45, 2.75) is 18.7 Å². The van der Waals surface area contributed by atoms with Crippen LogP contribution in [-0.2, 0) is 10.0 Å². The van der Waals surface area contributed by atoms with Crippen molar-refractivity contribution in [1.82, 2.24) is 4.98 Å². The number of anilines is 1. The van der Waals surface area contributed by atoms with Crippen molar-refractivity contribution in [2.75, 3.05) is 4.72 Å². The molecule has 4 nitrogen and oxygen atoms in total. The second-order valence-corrected chi connectivity index (χ2v) is 6.78. The number of hydrogen-bond acceptors (Lipinski definition) is 3. The molecule has 0 atom stereocenters. The van der Waals surface area contributed by atoms with E-state index in [0.29, 0.717) is 11.3 Å². The van der Waals surface area contributed by atoms with Crippen molar-refractivity contribution in [3.8, 4) is 0 Å².